The van der Waals surface area contributed by atoms with Crippen molar-refractivity contribution < 1.29 is 18.0 Å². The van der Waals surface area contributed by atoms with Crippen LogP contribution >= 0.6 is 23.4 Å². The minimum absolute atomic E-state index is 0.155. The Hall–Kier alpha value is -2.49. The van der Waals surface area contributed by atoms with Crippen LogP contribution in [0.5, 0.6) is 0 Å². The van der Waals surface area contributed by atoms with Crippen molar-refractivity contribution >= 4 is 35.0 Å². The topological polar surface area (TPSA) is 50.2 Å². The van der Waals surface area contributed by atoms with Crippen molar-refractivity contribution in [3.63, 3.8) is 0 Å². The molecule has 0 radical (unpaired) electrons. The molecule has 174 valence electrons. The number of carbonyl (C=O) groups excluding carboxylic acids is 1. The highest BCUT2D eigenvalue weighted by atomic mass is 35.5. The van der Waals surface area contributed by atoms with Crippen molar-refractivity contribution in [2.24, 2.45) is 0 Å². The Kier molecular flexibility index (Phi) is 7.31. The van der Waals surface area contributed by atoms with Crippen LogP contribution in [0.1, 0.15) is 21.6 Å². The third-order valence-electron chi connectivity index (χ3n) is 5.39. The van der Waals surface area contributed by atoms with Gasteiger partial charge < -0.3 is 10.2 Å². The molecule has 2 aromatic carbocycles. The fraction of sp³-hybridized carbons (Fsp3) is 0.304. The zero-order valence-electron chi connectivity index (χ0n) is 17.6. The quantitative estimate of drug-likeness (QED) is 0.499. The molecule has 4 rings (SSSR count). The van der Waals surface area contributed by atoms with E-state index in [1.165, 1.54) is 24.3 Å². The smallest absolute Gasteiger partial charge is 0.322 e. The largest absolute Gasteiger partial charge is 0.434 e. The number of carbonyl (C=O) groups is 1. The summed E-state index contributed by atoms with van der Waals surface area (Å²) in [6.45, 7) is 3.14. The highest BCUT2D eigenvalue weighted by molar-refractivity contribution is 7.99. The Morgan fingerprint density at radius 1 is 1.06 bits per heavy atom. The van der Waals surface area contributed by atoms with E-state index in [0.717, 1.165) is 49.3 Å². The lowest BCUT2D eigenvalue weighted by Gasteiger charge is -2.26. The van der Waals surface area contributed by atoms with Crippen LogP contribution in [0.3, 0.4) is 0 Å². The summed E-state index contributed by atoms with van der Waals surface area (Å²) in [5, 5.41) is 6.75. The number of nitrogens with zero attached hydrogens (tertiary/aromatic N) is 3. The second-order valence-electron chi connectivity index (χ2n) is 7.65. The number of alkyl halides is 3. The van der Waals surface area contributed by atoms with Crippen molar-refractivity contribution in [2.75, 3.05) is 36.5 Å². The zero-order valence-corrected chi connectivity index (χ0v) is 19.2. The molecule has 1 aromatic heterocycles. The Labute approximate surface area is 198 Å². The van der Waals surface area contributed by atoms with E-state index in [0.29, 0.717) is 15.4 Å². The van der Waals surface area contributed by atoms with E-state index >= 15 is 0 Å². The second-order valence-corrected chi connectivity index (χ2v) is 9.31. The maximum absolute atomic E-state index is 13.8. The molecule has 1 aliphatic rings. The number of thioether (sulfide) groups is 1. The van der Waals surface area contributed by atoms with Gasteiger partial charge in [0.15, 0.2) is 5.69 Å². The first-order chi connectivity index (χ1) is 15.8. The van der Waals surface area contributed by atoms with Crippen LogP contribution < -0.4 is 5.32 Å². The van der Waals surface area contributed by atoms with Crippen molar-refractivity contribution in [2.45, 2.75) is 12.6 Å². The summed E-state index contributed by atoms with van der Waals surface area (Å²) >= 11 is 7.79. The molecule has 3 aromatic rings. The average Bonchev–Trinajstić information content (AvgIpc) is 3.26. The second kappa shape index (κ2) is 10.2. The molecule has 0 spiro atoms. The molecule has 0 bridgehead atoms. The lowest BCUT2D eigenvalue weighted by molar-refractivity contribution is -0.143. The molecule has 1 N–H and O–H groups in total. The van der Waals surface area contributed by atoms with Gasteiger partial charge in [-0.1, -0.05) is 23.7 Å². The van der Waals surface area contributed by atoms with E-state index in [-0.39, 0.29) is 5.69 Å². The van der Waals surface area contributed by atoms with Gasteiger partial charge in [0.05, 0.1) is 17.4 Å². The summed E-state index contributed by atoms with van der Waals surface area (Å²) in [7, 11) is 0. The van der Waals surface area contributed by atoms with Gasteiger partial charge in [0.25, 0.3) is 5.91 Å². The number of hydrogen-bond acceptors (Lipinski definition) is 4. The Morgan fingerprint density at radius 2 is 1.73 bits per heavy atom. The van der Waals surface area contributed by atoms with E-state index < -0.39 is 23.3 Å². The lowest BCUT2D eigenvalue weighted by atomic mass is 10.1. The molecule has 33 heavy (non-hydrogen) atoms. The van der Waals surface area contributed by atoms with E-state index in [1.54, 1.807) is 12.1 Å². The van der Waals surface area contributed by atoms with Gasteiger partial charge in [-0.25, -0.2) is 4.68 Å². The molecule has 0 unspecified atom stereocenters. The molecule has 5 nitrogen and oxygen atoms in total. The van der Waals surface area contributed by atoms with Crippen molar-refractivity contribution in [3.8, 4) is 5.69 Å². The van der Waals surface area contributed by atoms with Crippen LogP contribution in [0.25, 0.3) is 5.69 Å². The summed E-state index contributed by atoms with van der Waals surface area (Å²) < 4.78 is 42.2. The Balaban J connectivity index is 1.47. The number of benzene rings is 2. The van der Waals surface area contributed by atoms with Gasteiger partial charge in [0.1, 0.15) is 0 Å². The minimum atomic E-state index is -4.78. The normalized spacial score (nSPS) is 14.9. The van der Waals surface area contributed by atoms with E-state index in [9.17, 15) is 18.0 Å². The van der Waals surface area contributed by atoms with Gasteiger partial charge in [-0.2, -0.15) is 30.0 Å². The van der Waals surface area contributed by atoms with Gasteiger partial charge in [0.2, 0.25) is 0 Å². The number of hydrogen-bond donors (Lipinski definition) is 1. The molecule has 1 amide bonds. The summed E-state index contributed by atoms with van der Waals surface area (Å²) in [5.74, 6) is 1.43. The van der Waals surface area contributed by atoms with E-state index in [2.05, 4.69) is 15.3 Å². The molecule has 0 aliphatic carbocycles. The summed E-state index contributed by atoms with van der Waals surface area (Å²) in [6.07, 6.45) is -2.97. The lowest BCUT2D eigenvalue weighted by Crippen LogP contribution is -2.34. The van der Waals surface area contributed by atoms with Gasteiger partial charge in [-0.15, -0.1) is 0 Å². The zero-order chi connectivity index (χ0) is 23.4. The molecule has 1 saturated heterocycles. The molecule has 1 aliphatic heterocycles. The molecule has 2 heterocycles. The highest BCUT2D eigenvalue weighted by Gasteiger charge is 2.40. The number of nitrogens with one attached hydrogen (secondary N) is 1. The highest BCUT2D eigenvalue weighted by Crippen LogP contribution is 2.34. The number of anilines is 1. The molecule has 0 atom stereocenters. The van der Waals surface area contributed by atoms with Crippen molar-refractivity contribution in [3.05, 3.63) is 76.6 Å². The van der Waals surface area contributed by atoms with E-state index in [4.69, 9.17) is 11.6 Å². The van der Waals surface area contributed by atoms with Crippen LogP contribution in [-0.2, 0) is 12.6 Å². The molecular formula is C23H22ClF3N4OS. The molecule has 1 fully saturated rings. The van der Waals surface area contributed by atoms with Crippen LogP contribution in [-0.4, -0.2) is 51.7 Å². The number of aromatic nitrogens is 2. The van der Waals surface area contributed by atoms with Gasteiger partial charge >= 0.3 is 6.18 Å². The third-order valence-corrected chi connectivity index (χ3v) is 6.58. The van der Waals surface area contributed by atoms with Crippen molar-refractivity contribution in [1.29, 1.82) is 0 Å². The standard InChI is InChI=1S/C23H22ClF3N4OS/c24-17-3-7-19(8-4-17)31-21(23(25,26)27)20(15-28-31)22(32)29-18-5-1-16(2-6-18)9-10-30-11-13-33-14-12-30/h1-8,15H,9-14H2,(H,29,32). The first kappa shape index (κ1) is 23.7. The number of amides is 1. The predicted molar refractivity (Wildman–Crippen MR) is 125 cm³/mol. The Bertz CT molecular complexity index is 1090. The summed E-state index contributed by atoms with van der Waals surface area (Å²) in [4.78, 5) is 15.1. The minimum Gasteiger partial charge on any atom is -0.322 e. The fourth-order valence-electron chi connectivity index (χ4n) is 3.63. The number of rotatable bonds is 6. The predicted octanol–water partition coefficient (Wildman–Crippen LogP) is 5.39. The van der Waals surface area contributed by atoms with Crippen LogP contribution in [0.15, 0.2) is 54.7 Å². The molecular weight excluding hydrogens is 473 g/mol. The van der Waals surface area contributed by atoms with Crippen LogP contribution in [0.2, 0.25) is 5.02 Å². The first-order valence-corrected chi connectivity index (χ1v) is 12.0. The Morgan fingerprint density at radius 3 is 2.36 bits per heavy atom. The van der Waals surface area contributed by atoms with Crippen molar-refractivity contribution in [1.82, 2.24) is 14.7 Å². The first-order valence-electron chi connectivity index (χ1n) is 10.4. The van der Waals surface area contributed by atoms with Crippen LogP contribution in [0, 0.1) is 0 Å². The van der Waals surface area contributed by atoms with Gasteiger partial charge in [0, 0.05) is 41.8 Å². The fourth-order valence-corrected chi connectivity index (χ4v) is 4.74. The van der Waals surface area contributed by atoms with E-state index in [1.807, 2.05) is 23.9 Å². The maximum atomic E-state index is 13.8. The average molecular weight is 495 g/mol. The summed E-state index contributed by atoms with van der Waals surface area (Å²) in [6, 6.07) is 12.9. The van der Waals surface area contributed by atoms with Gasteiger partial charge in [-0.3, -0.25) is 4.79 Å². The third kappa shape index (κ3) is 5.90. The molecule has 10 heteroatoms. The monoisotopic (exact) mass is 494 g/mol. The summed E-state index contributed by atoms with van der Waals surface area (Å²) in [5.41, 5.74) is -0.00573. The molecule has 0 saturated carbocycles. The SMILES string of the molecule is O=C(Nc1ccc(CCN2CCSCC2)cc1)c1cnn(-c2ccc(Cl)cc2)c1C(F)(F)F. The van der Waals surface area contributed by atoms with Gasteiger partial charge in [-0.05, 0) is 48.4 Å². The van der Waals surface area contributed by atoms with Crippen LogP contribution in [0.4, 0.5) is 18.9 Å². The maximum Gasteiger partial charge on any atom is 0.434 e. The number of halogens is 4.